The molecule has 0 saturated carbocycles. The Morgan fingerprint density at radius 2 is 2.43 bits per heavy atom. The van der Waals surface area contributed by atoms with Gasteiger partial charge >= 0.3 is 0 Å². The van der Waals surface area contributed by atoms with Crippen LogP contribution in [0.15, 0.2) is 0 Å². The molecule has 1 aliphatic heterocycles. The van der Waals surface area contributed by atoms with Crippen LogP contribution in [0.1, 0.15) is 13.3 Å². The molecule has 42 valence electrons. The minimum Gasteiger partial charge on any atom is -0.158 e. The highest BCUT2D eigenvalue weighted by Crippen LogP contribution is 2.31. The smallest absolute Gasteiger partial charge is 0.0234 e. The highest BCUT2D eigenvalue weighted by Gasteiger charge is 2.19. The molecule has 7 heavy (non-hydrogen) atoms. The lowest BCUT2D eigenvalue weighted by molar-refractivity contribution is 0.890. The first-order chi connectivity index (χ1) is 3.30. The summed E-state index contributed by atoms with van der Waals surface area (Å²) in [5, 5.41) is 0.917. The second kappa shape index (κ2) is 2.58. The maximum atomic E-state index is 2.54. The number of hydrogen-bond donors (Lipinski definition) is 0. The molecule has 1 heterocycles. The number of thioether (sulfide) groups is 1. The Morgan fingerprint density at radius 3 is 2.57 bits per heavy atom. The van der Waals surface area contributed by atoms with Crippen molar-refractivity contribution in [2.45, 2.75) is 22.5 Å². The first kappa shape index (κ1) is 6.20. The molecule has 0 aliphatic carbocycles. The van der Waals surface area contributed by atoms with Crippen LogP contribution in [0.25, 0.3) is 0 Å². The van der Waals surface area contributed by atoms with E-state index in [1.165, 1.54) is 12.2 Å². The van der Waals surface area contributed by atoms with E-state index in [1.54, 1.807) is 0 Å². The lowest BCUT2D eigenvalue weighted by Crippen LogP contribution is -2.03. The third-order valence-electron chi connectivity index (χ3n) is 1.28. The van der Waals surface area contributed by atoms with Gasteiger partial charge in [-0.25, -0.2) is 0 Å². The fraction of sp³-hybridized carbons (Fsp3) is 1.00. The summed E-state index contributed by atoms with van der Waals surface area (Å²) in [5.74, 6) is 1.38. The monoisotopic (exact) mass is 228 g/mol. The van der Waals surface area contributed by atoms with Crippen LogP contribution >= 0.6 is 34.4 Å². The van der Waals surface area contributed by atoms with Crippen molar-refractivity contribution >= 4 is 34.4 Å². The Morgan fingerprint density at radius 1 is 1.71 bits per heavy atom. The van der Waals surface area contributed by atoms with E-state index in [0.717, 1.165) is 9.17 Å². The quantitative estimate of drug-likeness (QED) is 0.453. The Labute approximate surface area is 62.6 Å². The molecule has 0 nitrogen and oxygen atoms in total. The van der Waals surface area contributed by atoms with E-state index >= 15 is 0 Å². The molecular formula is C5H9IS. The number of alkyl halides is 1. The van der Waals surface area contributed by atoms with Gasteiger partial charge in [-0.1, -0.05) is 29.5 Å². The molecule has 0 bridgehead atoms. The molecule has 1 fully saturated rings. The second-order valence-corrected chi connectivity index (χ2v) is 4.97. The summed E-state index contributed by atoms with van der Waals surface area (Å²) >= 11 is 4.63. The third-order valence-corrected chi connectivity index (χ3v) is 4.80. The summed E-state index contributed by atoms with van der Waals surface area (Å²) in [6.07, 6.45) is 1.42. The van der Waals surface area contributed by atoms with Crippen molar-refractivity contribution in [3.63, 3.8) is 0 Å². The Balaban J connectivity index is 2.33. The van der Waals surface area contributed by atoms with Gasteiger partial charge in [-0.2, -0.15) is 11.8 Å². The molecule has 0 N–H and O–H groups in total. The van der Waals surface area contributed by atoms with E-state index in [4.69, 9.17) is 0 Å². The second-order valence-electron chi connectivity index (χ2n) is 1.88. The van der Waals surface area contributed by atoms with Crippen molar-refractivity contribution in [2.75, 3.05) is 5.75 Å². The Kier molecular flexibility index (Phi) is 2.28. The number of hydrogen-bond acceptors (Lipinski definition) is 1. The van der Waals surface area contributed by atoms with Gasteiger partial charge in [0, 0.05) is 9.17 Å². The van der Waals surface area contributed by atoms with E-state index in [1.807, 2.05) is 0 Å². The maximum absolute atomic E-state index is 2.54. The van der Waals surface area contributed by atoms with Gasteiger partial charge in [0.25, 0.3) is 0 Å². The zero-order chi connectivity index (χ0) is 5.28. The molecule has 1 rings (SSSR count). The van der Waals surface area contributed by atoms with Gasteiger partial charge in [0.15, 0.2) is 0 Å². The average molecular weight is 228 g/mol. The number of halogens is 1. The molecule has 2 atom stereocenters. The van der Waals surface area contributed by atoms with Gasteiger partial charge in [-0.3, -0.25) is 0 Å². The summed E-state index contributed by atoms with van der Waals surface area (Å²) in [6, 6.07) is 0. The van der Waals surface area contributed by atoms with Crippen molar-refractivity contribution in [1.82, 2.24) is 0 Å². The maximum Gasteiger partial charge on any atom is 0.0234 e. The molecule has 2 unspecified atom stereocenters. The van der Waals surface area contributed by atoms with Gasteiger partial charge in [-0.15, -0.1) is 0 Å². The van der Waals surface area contributed by atoms with E-state index in [9.17, 15) is 0 Å². The SMILES string of the molecule is CC1SCCC1I. The van der Waals surface area contributed by atoms with E-state index in [-0.39, 0.29) is 0 Å². The van der Waals surface area contributed by atoms with Crippen molar-refractivity contribution in [1.29, 1.82) is 0 Å². The lowest BCUT2D eigenvalue weighted by atomic mass is 10.3. The van der Waals surface area contributed by atoms with Gasteiger partial charge in [0.1, 0.15) is 0 Å². The molecule has 0 aromatic rings. The Bertz CT molecular complexity index is 57.1. The first-order valence-corrected chi connectivity index (χ1v) is 4.86. The standard InChI is InChI=1S/C5H9IS/c1-4-5(6)2-3-7-4/h4-5H,2-3H2,1H3. The topological polar surface area (TPSA) is 0 Å². The molecule has 1 aliphatic rings. The molecule has 0 spiro atoms. The Hall–Kier alpha value is 1.08. The van der Waals surface area contributed by atoms with Crippen LogP contribution in [0, 0.1) is 0 Å². The van der Waals surface area contributed by atoms with Crippen LogP contribution in [0.4, 0.5) is 0 Å². The van der Waals surface area contributed by atoms with Crippen LogP contribution in [-0.2, 0) is 0 Å². The molecular weight excluding hydrogens is 219 g/mol. The van der Waals surface area contributed by atoms with Crippen LogP contribution in [-0.4, -0.2) is 14.9 Å². The predicted octanol–water partition coefficient (Wildman–Crippen LogP) is 2.32. The highest BCUT2D eigenvalue weighted by atomic mass is 127. The van der Waals surface area contributed by atoms with Gasteiger partial charge in [-0.05, 0) is 12.2 Å². The third kappa shape index (κ3) is 1.49. The summed E-state index contributed by atoms with van der Waals surface area (Å²) in [4.78, 5) is 0. The molecule has 2 heteroatoms. The zero-order valence-corrected chi connectivity index (χ0v) is 7.33. The summed E-state index contributed by atoms with van der Waals surface area (Å²) in [7, 11) is 0. The molecule has 0 radical (unpaired) electrons. The normalized spacial score (nSPS) is 42.0. The number of rotatable bonds is 0. The highest BCUT2D eigenvalue weighted by molar-refractivity contribution is 14.1. The van der Waals surface area contributed by atoms with Crippen LogP contribution in [0.2, 0.25) is 0 Å². The average Bonchev–Trinajstić information content (AvgIpc) is 1.91. The largest absolute Gasteiger partial charge is 0.158 e. The van der Waals surface area contributed by atoms with Crippen molar-refractivity contribution in [2.24, 2.45) is 0 Å². The van der Waals surface area contributed by atoms with E-state index < -0.39 is 0 Å². The minimum atomic E-state index is 0.917. The predicted molar refractivity (Wildman–Crippen MR) is 44.3 cm³/mol. The van der Waals surface area contributed by atoms with Crippen molar-refractivity contribution in [3.05, 3.63) is 0 Å². The molecule has 0 amide bonds. The van der Waals surface area contributed by atoms with Gasteiger partial charge < -0.3 is 0 Å². The molecule has 0 aromatic heterocycles. The first-order valence-electron chi connectivity index (χ1n) is 2.56. The van der Waals surface area contributed by atoms with Gasteiger partial charge in [0.2, 0.25) is 0 Å². The molecule has 0 aromatic carbocycles. The fourth-order valence-corrected chi connectivity index (χ4v) is 3.17. The minimum absolute atomic E-state index is 0.917. The van der Waals surface area contributed by atoms with Crippen LogP contribution in [0.5, 0.6) is 0 Å². The van der Waals surface area contributed by atoms with E-state index in [0.29, 0.717) is 0 Å². The van der Waals surface area contributed by atoms with Gasteiger partial charge in [0.05, 0.1) is 0 Å². The fourth-order valence-electron chi connectivity index (χ4n) is 0.706. The zero-order valence-electron chi connectivity index (χ0n) is 4.36. The van der Waals surface area contributed by atoms with Crippen molar-refractivity contribution in [3.8, 4) is 0 Å². The van der Waals surface area contributed by atoms with Crippen LogP contribution < -0.4 is 0 Å². The summed E-state index contributed by atoms with van der Waals surface area (Å²) < 4.78 is 0.947. The van der Waals surface area contributed by atoms with E-state index in [2.05, 4.69) is 41.3 Å². The van der Waals surface area contributed by atoms with Crippen molar-refractivity contribution < 1.29 is 0 Å². The summed E-state index contributed by atoms with van der Waals surface area (Å²) in [6.45, 7) is 2.31. The summed E-state index contributed by atoms with van der Waals surface area (Å²) in [5.41, 5.74) is 0. The lowest BCUT2D eigenvalue weighted by Gasteiger charge is -2.02. The molecule has 1 saturated heterocycles. The van der Waals surface area contributed by atoms with Crippen LogP contribution in [0.3, 0.4) is 0 Å².